The van der Waals surface area contributed by atoms with Crippen LogP contribution in [-0.4, -0.2) is 11.9 Å². The van der Waals surface area contributed by atoms with E-state index in [0.29, 0.717) is 0 Å². The minimum Gasteiger partial charge on any atom is -0.491 e. The van der Waals surface area contributed by atoms with Crippen LogP contribution < -0.4 is 4.74 Å². The highest BCUT2D eigenvalue weighted by molar-refractivity contribution is 5.97. The lowest BCUT2D eigenvalue weighted by Crippen LogP contribution is -2.05. The predicted molar refractivity (Wildman–Crippen MR) is 66.5 cm³/mol. The third kappa shape index (κ3) is 3.89. The van der Waals surface area contributed by atoms with Crippen molar-refractivity contribution in [3.8, 4) is 5.75 Å². The Balaban J connectivity index is 2.79. The molecule has 2 heteroatoms. The van der Waals surface area contributed by atoms with Crippen LogP contribution in [0.4, 0.5) is 0 Å². The topological polar surface area (TPSA) is 26.3 Å². The Morgan fingerprint density at radius 3 is 2.19 bits per heavy atom. The summed E-state index contributed by atoms with van der Waals surface area (Å²) in [7, 11) is 0. The number of rotatable bonds is 4. The van der Waals surface area contributed by atoms with Crippen LogP contribution >= 0.6 is 0 Å². The second kappa shape index (κ2) is 5.50. The summed E-state index contributed by atoms with van der Waals surface area (Å²) in [5, 5.41) is 0. The van der Waals surface area contributed by atoms with Crippen LogP contribution in [0, 0.1) is 0 Å². The monoisotopic (exact) mass is 218 g/mol. The maximum Gasteiger partial charge on any atom is 0.155 e. The molecule has 0 saturated heterocycles. The number of benzene rings is 1. The first kappa shape index (κ1) is 12.5. The van der Waals surface area contributed by atoms with Crippen LogP contribution in [0.2, 0.25) is 0 Å². The summed E-state index contributed by atoms with van der Waals surface area (Å²) >= 11 is 0. The van der Waals surface area contributed by atoms with Crippen LogP contribution in [0.3, 0.4) is 0 Å². The van der Waals surface area contributed by atoms with Gasteiger partial charge in [0.05, 0.1) is 6.10 Å². The molecule has 86 valence electrons. The number of carbonyl (C=O) groups is 1. The normalized spacial score (nSPS) is 11.7. The Kier molecular flexibility index (Phi) is 4.29. The van der Waals surface area contributed by atoms with Gasteiger partial charge in [0.15, 0.2) is 5.78 Å². The van der Waals surface area contributed by atoms with Gasteiger partial charge in [0.25, 0.3) is 0 Å². The summed E-state index contributed by atoms with van der Waals surface area (Å²) in [5.74, 6) is 0.954. The van der Waals surface area contributed by atoms with E-state index in [1.165, 1.54) is 0 Å². The fourth-order valence-electron chi connectivity index (χ4n) is 1.27. The third-order valence-electron chi connectivity index (χ3n) is 2.19. The molecule has 2 nitrogen and oxygen atoms in total. The standard InChI is InChI=1S/C14H18O2/c1-10(2)16-14-7-5-13(6-8-14)9-11(3)12(4)15/h5-10H,1-4H3/b11-9-. The molecule has 0 aliphatic rings. The molecule has 0 aromatic heterocycles. The van der Waals surface area contributed by atoms with Crippen molar-refractivity contribution in [2.45, 2.75) is 33.8 Å². The van der Waals surface area contributed by atoms with Crippen LogP contribution in [0.25, 0.3) is 6.08 Å². The van der Waals surface area contributed by atoms with E-state index in [1.807, 2.05) is 51.1 Å². The fourth-order valence-corrected chi connectivity index (χ4v) is 1.27. The van der Waals surface area contributed by atoms with Gasteiger partial charge < -0.3 is 4.74 Å². The lowest BCUT2D eigenvalue weighted by molar-refractivity contribution is -0.113. The van der Waals surface area contributed by atoms with E-state index in [4.69, 9.17) is 4.74 Å². The second-order valence-corrected chi connectivity index (χ2v) is 4.12. The number of carbonyl (C=O) groups excluding carboxylic acids is 1. The molecule has 0 atom stereocenters. The Bertz CT molecular complexity index is 386. The number of ether oxygens (including phenoxy) is 1. The molecule has 0 unspecified atom stereocenters. The number of Topliss-reactive ketones (excluding diaryl/α,β-unsaturated/α-hetero) is 1. The van der Waals surface area contributed by atoms with E-state index in [1.54, 1.807) is 6.92 Å². The van der Waals surface area contributed by atoms with E-state index >= 15 is 0 Å². The Morgan fingerprint density at radius 1 is 1.19 bits per heavy atom. The molecule has 0 aliphatic carbocycles. The van der Waals surface area contributed by atoms with E-state index in [9.17, 15) is 4.79 Å². The van der Waals surface area contributed by atoms with Gasteiger partial charge in [-0.15, -0.1) is 0 Å². The van der Waals surface area contributed by atoms with Gasteiger partial charge in [-0.2, -0.15) is 0 Å². The summed E-state index contributed by atoms with van der Waals surface area (Å²) in [4.78, 5) is 11.1. The first-order valence-electron chi connectivity index (χ1n) is 5.45. The van der Waals surface area contributed by atoms with Crippen LogP contribution in [0.1, 0.15) is 33.3 Å². The summed E-state index contributed by atoms with van der Waals surface area (Å²) in [6.07, 6.45) is 2.06. The molecular weight excluding hydrogens is 200 g/mol. The highest BCUT2D eigenvalue weighted by Gasteiger charge is 1.99. The molecule has 1 rings (SSSR count). The molecule has 0 fully saturated rings. The van der Waals surface area contributed by atoms with Gasteiger partial charge in [0.2, 0.25) is 0 Å². The molecule has 0 saturated carbocycles. The largest absolute Gasteiger partial charge is 0.491 e. The minimum absolute atomic E-state index is 0.0995. The number of hydrogen-bond acceptors (Lipinski definition) is 2. The maximum atomic E-state index is 11.1. The van der Waals surface area contributed by atoms with Gasteiger partial charge in [-0.3, -0.25) is 4.79 Å². The highest BCUT2D eigenvalue weighted by atomic mass is 16.5. The number of ketones is 1. The number of allylic oxidation sites excluding steroid dienone is 1. The van der Waals surface area contributed by atoms with E-state index in [2.05, 4.69) is 0 Å². The third-order valence-corrected chi connectivity index (χ3v) is 2.19. The predicted octanol–water partition coefficient (Wildman–Crippen LogP) is 3.47. The maximum absolute atomic E-state index is 11.1. The minimum atomic E-state index is 0.0995. The van der Waals surface area contributed by atoms with Gasteiger partial charge in [0, 0.05) is 0 Å². The summed E-state index contributed by atoms with van der Waals surface area (Å²) in [6, 6.07) is 7.73. The SMILES string of the molecule is CC(=O)/C(C)=C\c1ccc(OC(C)C)cc1. The zero-order valence-electron chi connectivity index (χ0n) is 10.3. The molecule has 1 aromatic carbocycles. The van der Waals surface area contributed by atoms with Crippen molar-refractivity contribution in [2.75, 3.05) is 0 Å². The molecule has 1 aromatic rings. The zero-order valence-corrected chi connectivity index (χ0v) is 10.3. The van der Waals surface area contributed by atoms with E-state index < -0.39 is 0 Å². The van der Waals surface area contributed by atoms with Crippen molar-refractivity contribution < 1.29 is 9.53 Å². The van der Waals surface area contributed by atoms with Gasteiger partial charge in [-0.05, 0) is 57.0 Å². The lowest BCUT2D eigenvalue weighted by atomic mass is 10.1. The van der Waals surface area contributed by atoms with E-state index in [0.717, 1.165) is 16.9 Å². The lowest BCUT2D eigenvalue weighted by Gasteiger charge is -2.09. The van der Waals surface area contributed by atoms with E-state index in [-0.39, 0.29) is 11.9 Å². The van der Waals surface area contributed by atoms with Crippen LogP contribution in [-0.2, 0) is 4.79 Å². The van der Waals surface area contributed by atoms with Crippen molar-refractivity contribution >= 4 is 11.9 Å². The van der Waals surface area contributed by atoms with Gasteiger partial charge in [0.1, 0.15) is 5.75 Å². The fraction of sp³-hybridized carbons (Fsp3) is 0.357. The average Bonchev–Trinajstić information content (AvgIpc) is 2.20. The summed E-state index contributed by atoms with van der Waals surface area (Å²) in [5.41, 5.74) is 1.78. The first-order chi connectivity index (χ1) is 7.49. The van der Waals surface area contributed by atoms with Crippen molar-refractivity contribution in [3.63, 3.8) is 0 Å². The summed E-state index contributed by atoms with van der Waals surface area (Å²) in [6.45, 7) is 7.38. The molecule has 0 N–H and O–H groups in total. The molecule has 0 heterocycles. The molecule has 0 spiro atoms. The van der Waals surface area contributed by atoms with Crippen molar-refractivity contribution in [3.05, 3.63) is 35.4 Å². The quantitative estimate of drug-likeness (QED) is 0.723. The Hall–Kier alpha value is -1.57. The molecular formula is C14H18O2. The van der Waals surface area contributed by atoms with Crippen molar-refractivity contribution in [1.29, 1.82) is 0 Å². The Morgan fingerprint density at radius 2 is 1.75 bits per heavy atom. The van der Waals surface area contributed by atoms with Gasteiger partial charge in [-0.25, -0.2) is 0 Å². The smallest absolute Gasteiger partial charge is 0.155 e. The molecule has 0 bridgehead atoms. The number of hydrogen-bond donors (Lipinski definition) is 0. The van der Waals surface area contributed by atoms with Crippen molar-refractivity contribution in [2.24, 2.45) is 0 Å². The average molecular weight is 218 g/mol. The molecule has 0 radical (unpaired) electrons. The molecule has 0 aliphatic heterocycles. The molecule has 16 heavy (non-hydrogen) atoms. The van der Waals surface area contributed by atoms with Gasteiger partial charge >= 0.3 is 0 Å². The summed E-state index contributed by atoms with van der Waals surface area (Å²) < 4.78 is 5.53. The zero-order chi connectivity index (χ0) is 12.1. The second-order valence-electron chi connectivity index (χ2n) is 4.12. The van der Waals surface area contributed by atoms with Crippen molar-refractivity contribution in [1.82, 2.24) is 0 Å². The first-order valence-corrected chi connectivity index (χ1v) is 5.45. The Labute approximate surface area is 96.9 Å². The van der Waals surface area contributed by atoms with Crippen LogP contribution in [0.5, 0.6) is 5.75 Å². The molecule has 0 amide bonds. The van der Waals surface area contributed by atoms with Gasteiger partial charge in [-0.1, -0.05) is 12.1 Å². The highest BCUT2D eigenvalue weighted by Crippen LogP contribution is 2.15. The van der Waals surface area contributed by atoms with Crippen LogP contribution in [0.15, 0.2) is 29.8 Å².